The van der Waals surface area contributed by atoms with E-state index in [1.54, 1.807) is 0 Å². The van der Waals surface area contributed by atoms with Crippen LogP contribution < -0.4 is 0 Å². The van der Waals surface area contributed by atoms with E-state index in [4.69, 9.17) is 21.1 Å². The molecule has 0 fully saturated rings. The van der Waals surface area contributed by atoms with Gasteiger partial charge in [0.15, 0.2) is 5.56 Å². The van der Waals surface area contributed by atoms with E-state index in [1.165, 1.54) is 6.26 Å². The van der Waals surface area contributed by atoms with Crippen LogP contribution in [0.4, 0.5) is 0 Å². The quantitative estimate of drug-likeness (QED) is 0.439. The molecule has 0 aliphatic rings. The van der Waals surface area contributed by atoms with Gasteiger partial charge in [-0.05, 0) is 6.92 Å². The van der Waals surface area contributed by atoms with E-state index in [0.717, 1.165) is 0 Å². The van der Waals surface area contributed by atoms with Gasteiger partial charge in [0.25, 0.3) is 0 Å². The van der Waals surface area contributed by atoms with Crippen molar-refractivity contribution in [2.75, 3.05) is 13.2 Å². The van der Waals surface area contributed by atoms with Crippen molar-refractivity contribution in [2.45, 2.75) is 12.5 Å². The monoisotopic (exact) mass is 150 g/mol. The SMILES string of the molecule is C=COCC(Cl)OCC. The van der Waals surface area contributed by atoms with Gasteiger partial charge in [-0.2, -0.15) is 0 Å². The van der Waals surface area contributed by atoms with Gasteiger partial charge in [0.05, 0.1) is 6.26 Å². The van der Waals surface area contributed by atoms with Crippen molar-refractivity contribution in [3.05, 3.63) is 12.8 Å². The maximum Gasteiger partial charge on any atom is 0.164 e. The summed E-state index contributed by atoms with van der Waals surface area (Å²) >= 11 is 5.56. The summed E-state index contributed by atoms with van der Waals surface area (Å²) in [4.78, 5) is 0. The molecule has 0 aromatic carbocycles. The molecule has 1 unspecified atom stereocenters. The third-order valence-corrected chi connectivity index (χ3v) is 0.945. The van der Waals surface area contributed by atoms with Crippen LogP contribution in [0, 0.1) is 0 Å². The Balaban J connectivity index is 3.04. The minimum absolute atomic E-state index is 0.354. The number of rotatable bonds is 5. The van der Waals surface area contributed by atoms with Crippen LogP contribution in [-0.4, -0.2) is 18.8 Å². The molecule has 0 bridgehead atoms. The molecule has 9 heavy (non-hydrogen) atoms. The molecule has 0 rings (SSSR count). The fourth-order valence-electron chi connectivity index (χ4n) is 0.373. The molecule has 0 aliphatic carbocycles. The van der Waals surface area contributed by atoms with Gasteiger partial charge in [-0.25, -0.2) is 0 Å². The van der Waals surface area contributed by atoms with E-state index in [0.29, 0.717) is 13.2 Å². The van der Waals surface area contributed by atoms with E-state index in [2.05, 4.69) is 6.58 Å². The Labute approximate surface area is 60.4 Å². The molecule has 0 radical (unpaired) electrons. The van der Waals surface area contributed by atoms with Gasteiger partial charge in [-0.1, -0.05) is 18.2 Å². The molecule has 0 aromatic rings. The molecule has 54 valence electrons. The van der Waals surface area contributed by atoms with Crippen LogP contribution in [0.1, 0.15) is 6.92 Å². The van der Waals surface area contributed by atoms with Crippen molar-refractivity contribution >= 4 is 11.6 Å². The van der Waals surface area contributed by atoms with Crippen LogP contribution in [0.3, 0.4) is 0 Å². The van der Waals surface area contributed by atoms with Crippen molar-refractivity contribution in [2.24, 2.45) is 0 Å². The summed E-state index contributed by atoms with van der Waals surface area (Å²) in [5.41, 5.74) is -0.354. The average molecular weight is 151 g/mol. The molecule has 0 heterocycles. The van der Waals surface area contributed by atoms with Gasteiger partial charge >= 0.3 is 0 Å². The molecular formula is C6H11ClO2. The maximum atomic E-state index is 5.56. The van der Waals surface area contributed by atoms with Crippen molar-refractivity contribution in [3.8, 4) is 0 Å². The summed E-state index contributed by atoms with van der Waals surface area (Å²) in [5, 5.41) is 0. The van der Waals surface area contributed by atoms with Gasteiger partial charge in [0.1, 0.15) is 6.61 Å². The zero-order chi connectivity index (χ0) is 7.11. The predicted molar refractivity (Wildman–Crippen MR) is 37.4 cm³/mol. The Morgan fingerprint density at radius 1 is 1.78 bits per heavy atom. The van der Waals surface area contributed by atoms with E-state index in [-0.39, 0.29) is 5.56 Å². The lowest BCUT2D eigenvalue weighted by Crippen LogP contribution is -2.10. The normalized spacial score (nSPS) is 12.7. The van der Waals surface area contributed by atoms with Crippen LogP contribution in [0.2, 0.25) is 0 Å². The standard InChI is InChI=1S/C6H11ClO2/c1-3-8-5-6(7)9-4-2/h3,6H,1,4-5H2,2H3. The van der Waals surface area contributed by atoms with E-state index < -0.39 is 0 Å². The number of hydrogen-bond acceptors (Lipinski definition) is 2. The largest absolute Gasteiger partial charge is 0.498 e. The Kier molecular flexibility index (Phi) is 5.78. The highest BCUT2D eigenvalue weighted by Crippen LogP contribution is 1.97. The zero-order valence-corrected chi connectivity index (χ0v) is 6.23. The van der Waals surface area contributed by atoms with Crippen LogP contribution in [0.15, 0.2) is 12.8 Å². The maximum absolute atomic E-state index is 5.56. The lowest BCUT2D eigenvalue weighted by atomic mass is 10.7. The Morgan fingerprint density at radius 3 is 2.89 bits per heavy atom. The van der Waals surface area contributed by atoms with Gasteiger partial charge < -0.3 is 9.47 Å². The van der Waals surface area contributed by atoms with Crippen LogP contribution in [0.5, 0.6) is 0 Å². The van der Waals surface area contributed by atoms with Crippen molar-refractivity contribution in [1.29, 1.82) is 0 Å². The summed E-state index contributed by atoms with van der Waals surface area (Å²) in [6.07, 6.45) is 1.34. The topological polar surface area (TPSA) is 18.5 Å². The van der Waals surface area contributed by atoms with Crippen LogP contribution in [0.25, 0.3) is 0 Å². The third kappa shape index (κ3) is 5.66. The second kappa shape index (κ2) is 5.92. The third-order valence-electron chi connectivity index (χ3n) is 0.693. The Hall–Kier alpha value is -0.210. The second-order valence-corrected chi connectivity index (χ2v) is 1.85. The van der Waals surface area contributed by atoms with Crippen LogP contribution in [-0.2, 0) is 9.47 Å². The van der Waals surface area contributed by atoms with Crippen molar-refractivity contribution < 1.29 is 9.47 Å². The molecule has 0 saturated carbocycles. The lowest BCUT2D eigenvalue weighted by molar-refractivity contribution is 0.0655. The summed E-state index contributed by atoms with van der Waals surface area (Å²) in [6, 6.07) is 0. The molecule has 0 aromatic heterocycles. The number of ether oxygens (including phenoxy) is 2. The first-order chi connectivity index (χ1) is 4.31. The fourth-order valence-corrected chi connectivity index (χ4v) is 0.571. The number of alkyl halides is 1. The molecule has 3 heteroatoms. The summed E-state index contributed by atoms with van der Waals surface area (Å²) in [7, 11) is 0. The van der Waals surface area contributed by atoms with Gasteiger partial charge in [-0.3, -0.25) is 0 Å². The summed E-state index contributed by atoms with van der Waals surface area (Å²) in [6.45, 7) is 6.20. The van der Waals surface area contributed by atoms with Gasteiger partial charge in [0, 0.05) is 6.61 Å². The summed E-state index contributed by atoms with van der Waals surface area (Å²) in [5.74, 6) is 0. The van der Waals surface area contributed by atoms with E-state index in [9.17, 15) is 0 Å². The highest BCUT2D eigenvalue weighted by Gasteiger charge is 2.00. The van der Waals surface area contributed by atoms with E-state index >= 15 is 0 Å². The van der Waals surface area contributed by atoms with Crippen molar-refractivity contribution in [3.63, 3.8) is 0 Å². The number of halogens is 1. The first-order valence-corrected chi connectivity index (χ1v) is 3.23. The molecule has 0 saturated heterocycles. The van der Waals surface area contributed by atoms with Gasteiger partial charge in [-0.15, -0.1) is 0 Å². The molecule has 0 amide bonds. The number of hydrogen-bond donors (Lipinski definition) is 0. The summed E-state index contributed by atoms with van der Waals surface area (Å²) < 4.78 is 9.69. The molecular weight excluding hydrogens is 140 g/mol. The average Bonchev–Trinajstić information content (AvgIpc) is 1.85. The highest BCUT2D eigenvalue weighted by atomic mass is 35.5. The lowest BCUT2D eigenvalue weighted by Gasteiger charge is -2.07. The fraction of sp³-hybridized carbons (Fsp3) is 0.667. The minimum Gasteiger partial charge on any atom is -0.498 e. The zero-order valence-electron chi connectivity index (χ0n) is 5.47. The van der Waals surface area contributed by atoms with E-state index in [1.807, 2.05) is 6.92 Å². The smallest absolute Gasteiger partial charge is 0.164 e. The predicted octanol–water partition coefficient (Wildman–Crippen LogP) is 1.75. The first kappa shape index (κ1) is 8.79. The Morgan fingerprint density at radius 2 is 2.44 bits per heavy atom. The van der Waals surface area contributed by atoms with Crippen LogP contribution >= 0.6 is 11.6 Å². The highest BCUT2D eigenvalue weighted by molar-refractivity contribution is 6.19. The van der Waals surface area contributed by atoms with Crippen molar-refractivity contribution in [1.82, 2.24) is 0 Å². The minimum atomic E-state index is -0.354. The second-order valence-electron chi connectivity index (χ2n) is 1.37. The molecule has 0 N–H and O–H groups in total. The Bertz CT molecular complexity index is 75.5. The molecule has 0 aliphatic heterocycles. The molecule has 1 atom stereocenters. The first-order valence-electron chi connectivity index (χ1n) is 2.79. The molecule has 2 nitrogen and oxygen atoms in total. The molecule has 0 spiro atoms. The van der Waals surface area contributed by atoms with Gasteiger partial charge in [0.2, 0.25) is 0 Å².